The van der Waals surface area contributed by atoms with Crippen molar-refractivity contribution in [3.63, 3.8) is 0 Å². The zero-order chi connectivity index (χ0) is 44.5. The van der Waals surface area contributed by atoms with Gasteiger partial charge in [-0.05, 0) is 77.1 Å². The lowest BCUT2D eigenvalue weighted by molar-refractivity contribution is 0.978. The average Bonchev–Trinajstić information content (AvgIpc) is 3.75. The number of hydrogen-bond donors (Lipinski definition) is 0. The Kier molecular flexibility index (Phi) is 10.2. The van der Waals surface area contributed by atoms with Crippen LogP contribution in [0.5, 0.6) is 0 Å². The van der Waals surface area contributed by atoms with Gasteiger partial charge in [-0.25, -0.2) is 29.9 Å². The van der Waals surface area contributed by atoms with Gasteiger partial charge in [0.25, 0.3) is 0 Å². The summed E-state index contributed by atoms with van der Waals surface area (Å²) >= 11 is 0. The van der Waals surface area contributed by atoms with E-state index in [2.05, 4.69) is 138 Å². The maximum absolute atomic E-state index is 5.01. The SMILES string of the molecule is C1=CCCC(c2nc(-c3ccccc3)nc(-c3ccc(-c4ccc5c(c4)c4cc(-c6ccc(-c7nc(-c8ccccc8)nc(-c8ccccc8)n7)cc6)ccc4n5-c4ccccc4)cc3)n2)=C1. The smallest absolute Gasteiger partial charge is 0.164 e. The van der Waals surface area contributed by atoms with Gasteiger partial charge in [0.2, 0.25) is 0 Å². The van der Waals surface area contributed by atoms with Gasteiger partial charge in [-0.15, -0.1) is 0 Å². The maximum Gasteiger partial charge on any atom is 0.164 e. The first kappa shape index (κ1) is 39.6. The van der Waals surface area contributed by atoms with E-state index in [1.807, 2.05) is 91.0 Å². The summed E-state index contributed by atoms with van der Waals surface area (Å²) in [7, 11) is 0. The highest BCUT2D eigenvalue weighted by Gasteiger charge is 2.18. The second-order valence-corrected chi connectivity index (χ2v) is 16.7. The first-order valence-electron chi connectivity index (χ1n) is 22.6. The summed E-state index contributed by atoms with van der Waals surface area (Å²) < 4.78 is 2.36. The Balaban J connectivity index is 0.914. The molecule has 3 heterocycles. The number of fused-ring (bicyclic) bond motifs is 3. The Morgan fingerprint density at radius 1 is 0.313 bits per heavy atom. The molecule has 0 amide bonds. The Morgan fingerprint density at radius 2 is 0.657 bits per heavy atom. The van der Waals surface area contributed by atoms with E-state index in [0.717, 1.165) is 91.0 Å². The van der Waals surface area contributed by atoms with Gasteiger partial charge < -0.3 is 4.57 Å². The molecular weight excluding hydrogens is 819 g/mol. The van der Waals surface area contributed by atoms with Gasteiger partial charge in [0.1, 0.15) is 0 Å². The van der Waals surface area contributed by atoms with Crippen molar-refractivity contribution in [2.75, 3.05) is 0 Å². The van der Waals surface area contributed by atoms with Gasteiger partial charge in [-0.3, -0.25) is 0 Å². The minimum atomic E-state index is 0.631. The number of benzene rings is 8. The Labute approximate surface area is 388 Å². The summed E-state index contributed by atoms with van der Waals surface area (Å²) in [4.78, 5) is 29.7. The first-order valence-corrected chi connectivity index (χ1v) is 22.6. The predicted octanol–water partition coefficient (Wildman–Crippen LogP) is 14.6. The molecule has 0 saturated carbocycles. The molecule has 3 aromatic heterocycles. The Bertz CT molecular complexity index is 3580. The molecule has 0 bridgehead atoms. The van der Waals surface area contributed by atoms with E-state index >= 15 is 0 Å². The lowest BCUT2D eigenvalue weighted by Gasteiger charge is -2.12. The van der Waals surface area contributed by atoms with Crippen molar-refractivity contribution in [3.8, 4) is 84.9 Å². The van der Waals surface area contributed by atoms with E-state index < -0.39 is 0 Å². The zero-order valence-electron chi connectivity index (χ0n) is 36.4. The highest BCUT2D eigenvalue weighted by Crippen LogP contribution is 2.38. The van der Waals surface area contributed by atoms with Crippen LogP contribution < -0.4 is 0 Å². The molecule has 0 N–H and O–H groups in total. The van der Waals surface area contributed by atoms with E-state index in [0.29, 0.717) is 29.1 Å². The van der Waals surface area contributed by atoms with Gasteiger partial charge in [-0.1, -0.05) is 188 Å². The van der Waals surface area contributed by atoms with E-state index in [4.69, 9.17) is 29.9 Å². The fraction of sp³-hybridized carbons (Fsp3) is 0.0333. The van der Waals surface area contributed by atoms with Crippen LogP contribution in [0.1, 0.15) is 18.7 Å². The van der Waals surface area contributed by atoms with Crippen molar-refractivity contribution in [1.82, 2.24) is 34.5 Å². The molecule has 1 aliphatic carbocycles. The topological polar surface area (TPSA) is 82.3 Å². The van der Waals surface area contributed by atoms with Crippen molar-refractivity contribution in [2.45, 2.75) is 12.8 Å². The maximum atomic E-state index is 5.01. The number of allylic oxidation sites excluding steroid dienone is 4. The van der Waals surface area contributed by atoms with Gasteiger partial charge in [0.05, 0.1) is 11.0 Å². The second kappa shape index (κ2) is 17.2. The fourth-order valence-corrected chi connectivity index (χ4v) is 8.95. The summed E-state index contributed by atoms with van der Waals surface area (Å²) in [5, 5.41) is 2.35. The lowest BCUT2D eigenvalue weighted by atomic mass is 9.99. The molecular formula is C60H41N7. The Hall–Kier alpha value is -8.94. The third kappa shape index (κ3) is 7.79. The van der Waals surface area contributed by atoms with Crippen LogP contribution in [0.2, 0.25) is 0 Å². The molecule has 7 nitrogen and oxygen atoms in total. The third-order valence-electron chi connectivity index (χ3n) is 12.4. The summed E-state index contributed by atoms with van der Waals surface area (Å²) in [5.74, 6) is 3.98. The summed E-state index contributed by atoms with van der Waals surface area (Å²) in [6.07, 6.45) is 8.26. The largest absolute Gasteiger partial charge is 0.309 e. The molecule has 1 aliphatic rings. The first-order chi connectivity index (χ1) is 33.2. The molecule has 0 atom stereocenters. The van der Waals surface area contributed by atoms with E-state index in [1.54, 1.807) is 0 Å². The fourth-order valence-electron chi connectivity index (χ4n) is 8.95. The molecule has 0 aliphatic heterocycles. The van der Waals surface area contributed by atoms with Crippen LogP contribution in [0, 0.1) is 0 Å². The van der Waals surface area contributed by atoms with Crippen molar-refractivity contribution < 1.29 is 0 Å². The molecule has 67 heavy (non-hydrogen) atoms. The number of aromatic nitrogens is 7. The van der Waals surface area contributed by atoms with Gasteiger partial charge >= 0.3 is 0 Å². The zero-order valence-corrected chi connectivity index (χ0v) is 36.4. The third-order valence-corrected chi connectivity index (χ3v) is 12.4. The molecule has 8 aromatic carbocycles. The van der Waals surface area contributed by atoms with Crippen LogP contribution >= 0.6 is 0 Å². The molecule has 0 radical (unpaired) electrons. The van der Waals surface area contributed by atoms with E-state index in [1.165, 1.54) is 10.8 Å². The van der Waals surface area contributed by atoms with Gasteiger partial charge in [0.15, 0.2) is 34.9 Å². The van der Waals surface area contributed by atoms with Crippen LogP contribution in [0.4, 0.5) is 0 Å². The molecule has 316 valence electrons. The van der Waals surface area contributed by atoms with Gasteiger partial charge in [-0.2, -0.15) is 0 Å². The standard InChI is InChI=1S/C60H41N7/c1-6-16-42(17-7-1)55-61-56(43-18-8-2-9-19-43)64-59(63-55)46-30-26-40(27-31-46)48-34-36-53-51(38-48)52-39-49(35-37-54(52)67(53)50-24-14-5-15-25-50)41-28-32-47(33-29-41)60-65-57(44-20-10-3-11-21-44)62-58(66-60)45-22-12-4-13-23-45/h1-12,14-22,24-39H,13,23H2. The van der Waals surface area contributed by atoms with Crippen molar-refractivity contribution in [2.24, 2.45) is 0 Å². The monoisotopic (exact) mass is 859 g/mol. The molecule has 11 aromatic rings. The Morgan fingerprint density at radius 3 is 1.04 bits per heavy atom. The summed E-state index contributed by atoms with van der Waals surface area (Å²) in [5.41, 5.74) is 13.7. The number of rotatable bonds is 9. The lowest BCUT2D eigenvalue weighted by Crippen LogP contribution is -2.03. The minimum absolute atomic E-state index is 0.631. The van der Waals surface area contributed by atoms with Gasteiger partial charge in [0, 0.05) is 44.3 Å². The molecule has 7 heteroatoms. The highest BCUT2D eigenvalue weighted by atomic mass is 15.0. The highest BCUT2D eigenvalue weighted by molar-refractivity contribution is 6.11. The minimum Gasteiger partial charge on any atom is -0.309 e. The molecule has 12 rings (SSSR count). The van der Waals surface area contributed by atoms with Crippen LogP contribution in [0.25, 0.3) is 112 Å². The average molecular weight is 860 g/mol. The quantitative estimate of drug-likeness (QED) is 0.144. The predicted molar refractivity (Wildman–Crippen MR) is 272 cm³/mol. The molecule has 0 saturated heterocycles. The number of nitrogens with zero attached hydrogens (tertiary/aromatic N) is 7. The molecule has 0 fully saturated rings. The van der Waals surface area contributed by atoms with Crippen LogP contribution in [-0.2, 0) is 0 Å². The number of para-hydroxylation sites is 1. The van der Waals surface area contributed by atoms with Crippen molar-refractivity contribution >= 4 is 27.4 Å². The normalized spacial score (nSPS) is 12.4. The number of hydrogen-bond acceptors (Lipinski definition) is 6. The van der Waals surface area contributed by atoms with Crippen LogP contribution in [-0.4, -0.2) is 34.5 Å². The van der Waals surface area contributed by atoms with E-state index in [9.17, 15) is 0 Å². The van der Waals surface area contributed by atoms with Crippen LogP contribution in [0.15, 0.2) is 224 Å². The molecule has 0 unspecified atom stereocenters. The summed E-state index contributed by atoms with van der Waals surface area (Å²) in [6.45, 7) is 0. The van der Waals surface area contributed by atoms with Crippen molar-refractivity contribution in [3.05, 3.63) is 230 Å². The second-order valence-electron chi connectivity index (χ2n) is 16.7. The van der Waals surface area contributed by atoms with E-state index in [-0.39, 0.29) is 0 Å². The van der Waals surface area contributed by atoms with Crippen molar-refractivity contribution in [1.29, 1.82) is 0 Å². The molecule has 0 spiro atoms. The van der Waals surface area contributed by atoms with Crippen LogP contribution in [0.3, 0.4) is 0 Å². The summed E-state index contributed by atoms with van der Waals surface area (Å²) in [6, 6.07) is 71.6.